The number of hydrogen-bond donors (Lipinski definition) is 0. The summed E-state index contributed by atoms with van der Waals surface area (Å²) in [4.78, 5) is 0. The first-order chi connectivity index (χ1) is 13.8. The Kier molecular flexibility index (Phi) is 5.88. The summed E-state index contributed by atoms with van der Waals surface area (Å²) in [6.07, 6.45) is 12.8. The Bertz CT molecular complexity index is 773. The summed E-state index contributed by atoms with van der Waals surface area (Å²) in [5, 5.41) is 0. The molecule has 0 bridgehead atoms. The largest absolute Gasteiger partial charge is 0.501 e. The molecule has 1 aromatic rings. The molecule has 1 saturated carbocycles. The SMILES string of the molecule is COC1=Cc2ccc3c(c2CC1)CC[C@]1(C)[C@@H]([C@H](C)CC[C@H](C)C(C)C)CC[C@@H]31. The first kappa shape index (κ1) is 21.0. The highest BCUT2D eigenvalue weighted by atomic mass is 16.5. The Morgan fingerprint density at radius 3 is 2.52 bits per heavy atom. The van der Waals surface area contributed by atoms with Gasteiger partial charge in [-0.15, -0.1) is 0 Å². The highest BCUT2D eigenvalue weighted by molar-refractivity contribution is 5.62. The van der Waals surface area contributed by atoms with Crippen LogP contribution < -0.4 is 0 Å². The normalized spacial score (nSPS) is 30.2. The van der Waals surface area contributed by atoms with E-state index in [0.29, 0.717) is 5.41 Å². The summed E-state index contributed by atoms with van der Waals surface area (Å²) in [7, 11) is 1.81. The van der Waals surface area contributed by atoms with Gasteiger partial charge in [0.1, 0.15) is 0 Å². The molecule has 29 heavy (non-hydrogen) atoms. The Morgan fingerprint density at radius 1 is 1.00 bits per heavy atom. The van der Waals surface area contributed by atoms with Gasteiger partial charge in [-0.1, -0.05) is 59.6 Å². The Morgan fingerprint density at radius 2 is 1.79 bits per heavy atom. The fraction of sp³-hybridized carbons (Fsp3) is 0.714. The number of ether oxygens (including phenoxy) is 1. The lowest BCUT2D eigenvalue weighted by Crippen LogP contribution is -2.35. The molecule has 0 saturated heterocycles. The van der Waals surface area contributed by atoms with E-state index in [1.54, 1.807) is 16.7 Å². The van der Waals surface area contributed by atoms with Gasteiger partial charge in [0, 0.05) is 6.42 Å². The van der Waals surface area contributed by atoms with Crippen LogP contribution >= 0.6 is 0 Å². The van der Waals surface area contributed by atoms with Gasteiger partial charge in [-0.05, 0) is 95.4 Å². The molecule has 0 radical (unpaired) electrons. The third kappa shape index (κ3) is 3.68. The van der Waals surface area contributed by atoms with E-state index in [1.807, 2.05) is 7.11 Å². The van der Waals surface area contributed by atoms with Crippen molar-refractivity contribution in [2.45, 2.75) is 91.9 Å². The van der Waals surface area contributed by atoms with Crippen LogP contribution in [0.25, 0.3) is 6.08 Å². The van der Waals surface area contributed by atoms with Crippen molar-refractivity contribution in [2.75, 3.05) is 7.11 Å². The summed E-state index contributed by atoms with van der Waals surface area (Å²) >= 11 is 0. The Hall–Kier alpha value is -1.24. The molecule has 0 N–H and O–H groups in total. The first-order valence-electron chi connectivity index (χ1n) is 12.2. The predicted octanol–water partition coefficient (Wildman–Crippen LogP) is 7.77. The quantitative estimate of drug-likeness (QED) is 0.479. The van der Waals surface area contributed by atoms with Crippen LogP contribution in [-0.4, -0.2) is 7.11 Å². The Labute approximate surface area is 179 Å². The number of methoxy groups -OCH3 is 1. The molecule has 1 fully saturated rings. The predicted molar refractivity (Wildman–Crippen MR) is 124 cm³/mol. The monoisotopic (exact) mass is 394 g/mol. The molecule has 1 aromatic carbocycles. The lowest BCUT2D eigenvalue weighted by molar-refractivity contribution is 0.115. The average Bonchev–Trinajstić information content (AvgIpc) is 3.08. The molecular formula is C28H42O. The van der Waals surface area contributed by atoms with Gasteiger partial charge < -0.3 is 4.74 Å². The lowest BCUT2D eigenvalue weighted by atomic mass is 9.60. The van der Waals surface area contributed by atoms with E-state index >= 15 is 0 Å². The Balaban J connectivity index is 1.55. The maximum Gasteiger partial charge on any atom is 0.0964 e. The van der Waals surface area contributed by atoms with E-state index in [4.69, 9.17) is 4.74 Å². The van der Waals surface area contributed by atoms with Crippen molar-refractivity contribution in [3.05, 3.63) is 40.1 Å². The van der Waals surface area contributed by atoms with Gasteiger partial charge in [-0.3, -0.25) is 0 Å². The van der Waals surface area contributed by atoms with Gasteiger partial charge in [-0.25, -0.2) is 0 Å². The van der Waals surface area contributed by atoms with Crippen LogP contribution in [0.3, 0.4) is 0 Å². The molecule has 0 unspecified atom stereocenters. The highest BCUT2D eigenvalue weighted by Crippen LogP contribution is 2.61. The molecule has 0 heterocycles. The zero-order valence-corrected chi connectivity index (χ0v) is 19.7. The van der Waals surface area contributed by atoms with Gasteiger partial charge >= 0.3 is 0 Å². The van der Waals surface area contributed by atoms with Gasteiger partial charge in [0.15, 0.2) is 0 Å². The molecule has 160 valence electrons. The van der Waals surface area contributed by atoms with Crippen molar-refractivity contribution < 1.29 is 4.74 Å². The maximum atomic E-state index is 5.53. The number of benzene rings is 1. The number of hydrogen-bond acceptors (Lipinski definition) is 1. The minimum absolute atomic E-state index is 0.504. The van der Waals surface area contributed by atoms with Gasteiger partial charge in [0.2, 0.25) is 0 Å². The van der Waals surface area contributed by atoms with Gasteiger partial charge in [0.25, 0.3) is 0 Å². The number of allylic oxidation sites excluding steroid dienone is 1. The molecule has 1 heteroatoms. The molecule has 5 atom stereocenters. The molecule has 3 aliphatic rings. The van der Waals surface area contributed by atoms with Crippen molar-refractivity contribution in [1.29, 1.82) is 0 Å². The maximum absolute atomic E-state index is 5.53. The van der Waals surface area contributed by atoms with Gasteiger partial charge in [0.05, 0.1) is 12.9 Å². The van der Waals surface area contributed by atoms with Crippen molar-refractivity contribution >= 4 is 6.08 Å². The van der Waals surface area contributed by atoms with Crippen LogP contribution in [0.15, 0.2) is 17.9 Å². The smallest absolute Gasteiger partial charge is 0.0964 e. The molecule has 0 aromatic heterocycles. The topological polar surface area (TPSA) is 9.23 Å². The van der Waals surface area contributed by atoms with Gasteiger partial charge in [-0.2, -0.15) is 0 Å². The summed E-state index contributed by atoms with van der Waals surface area (Å²) in [5.41, 5.74) is 6.97. The molecule has 3 aliphatic carbocycles. The minimum Gasteiger partial charge on any atom is -0.501 e. The summed E-state index contributed by atoms with van der Waals surface area (Å²) in [6, 6.07) is 4.87. The van der Waals surface area contributed by atoms with E-state index in [1.165, 1.54) is 44.1 Å². The molecule has 0 amide bonds. The molecule has 0 spiro atoms. The molecule has 1 nitrogen and oxygen atoms in total. The van der Waals surface area contributed by atoms with Crippen LogP contribution in [0, 0.1) is 29.1 Å². The second kappa shape index (κ2) is 8.12. The summed E-state index contributed by atoms with van der Waals surface area (Å²) < 4.78 is 5.53. The molecule has 0 aliphatic heterocycles. The van der Waals surface area contributed by atoms with E-state index in [9.17, 15) is 0 Å². The summed E-state index contributed by atoms with van der Waals surface area (Å²) in [5.74, 6) is 5.34. The third-order valence-corrected chi connectivity index (χ3v) is 9.30. The lowest BCUT2D eigenvalue weighted by Gasteiger charge is -2.45. The zero-order valence-electron chi connectivity index (χ0n) is 19.7. The van der Waals surface area contributed by atoms with Crippen LogP contribution in [0.1, 0.15) is 101 Å². The van der Waals surface area contributed by atoms with E-state index in [-0.39, 0.29) is 0 Å². The second-order valence-electron chi connectivity index (χ2n) is 11.0. The van der Waals surface area contributed by atoms with Crippen LogP contribution in [-0.2, 0) is 17.6 Å². The molecule has 4 rings (SSSR count). The number of fused-ring (bicyclic) bond motifs is 5. The van der Waals surface area contributed by atoms with Crippen LogP contribution in [0.4, 0.5) is 0 Å². The van der Waals surface area contributed by atoms with Crippen LogP contribution in [0.5, 0.6) is 0 Å². The van der Waals surface area contributed by atoms with Crippen LogP contribution in [0.2, 0.25) is 0 Å². The number of rotatable bonds is 6. The van der Waals surface area contributed by atoms with Crippen molar-refractivity contribution in [3.63, 3.8) is 0 Å². The van der Waals surface area contributed by atoms with E-state index < -0.39 is 0 Å². The van der Waals surface area contributed by atoms with E-state index in [2.05, 4.69) is 52.8 Å². The zero-order chi connectivity index (χ0) is 20.8. The fourth-order valence-corrected chi connectivity index (χ4v) is 6.96. The van der Waals surface area contributed by atoms with Crippen molar-refractivity contribution in [1.82, 2.24) is 0 Å². The minimum atomic E-state index is 0.504. The fourth-order valence-electron chi connectivity index (χ4n) is 6.96. The van der Waals surface area contributed by atoms with E-state index in [0.717, 1.165) is 48.2 Å². The second-order valence-corrected chi connectivity index (χ2v) is 11.0. The van der Waals surface area contributed by atoms with Crippen molar-refractivity contribution in [3.8, 4) is 0 Å². The van der Waals surface area contributed by atoms with Crippen molar-refractivity contribution in [2.24, 2.45) is 29.1 Å². The highest BCUT2D eigenvalue weighted by Gasteiger charge is 2.51. The average molecular weight is 395 g/mol. The summed E-state index contributed by atoms with van der Waals surface area (Å²) in [6.45, 7) is 12.4. The standard InChI is InChI=1S/C28H42O/c1-18(2)19(3)7-8-20(4)26-13-14-27-25-11-9-21-17-22(29-6)10-12-23(21)24(25)15-16-28(26,27)5/h9,11,17-20,26-27H,7-8,10,12-16H2,1-6H3/t19-,20+,26+,27-,28+/m0/s1. The third-order valence-electron chi connectivity index (χ3n) is 9.30. The first-order valence-corrected chi connectivity index (χ1v) is 12.2. The molecular weight excluding hydrogens is 352 g/mol.